The smallest absolute Gasteiger partial charge is 0.223 e. The first kappa shape index (κ1) is 18.2. The van der Waals surface area contributed by atoms with Gasteiger partial charge in [-0.1, -0.05) is 12.0 Å². The molecule has 5 heteroatoms. The predicted octanol–water partition coefficient (Wildman–Crippen LogP) is 2.44. The molecule has 0 saturated heterocycles. The van der Waals surface area contributed by atoms with Crippen LogP contribution in [-0.4, -0.2) is 29.8 Å². The van der Waals surface area contributed by atoms with Crippen molar-refractivity contribution >= 4 is 5.91 Å². The molecule has 1 aliphatic rings. The molecule has 0 bridgehead atoms. The van der Waals surface area contributed by atoms with E-state index in [0.717, 1.165) is 5.56 Å². The van der Waals surface area contributed by atoms with Gasteiger partial charge in [0.1, 0.15) is 5.60 Å². The minimum Gasteiger partial charge on any atom is -0.490 e. The largest absolute Gasteiger partial charge is 0.490 e. The molecule has 1 aromatic carbocycles. The van der Waals surface area contributed by atoms with Gasteiger partial charge in [-0.2, -0.15) is 0 Å². The van der Waals surface area contributed by atoms with Gasteiger partial charge < -0.3 is 19.9 Å². The Morgan fingerprint density at radius 3 is 2.58 bits per heavy atom. The topological polar surface area (TPSA) is 67.8 Å². The lowest BCUT2D eigenvalue weighted by atomic mass is 9.71. The molecular weight excluding hydrogens is 306 g/mol. The van der Waals surface area contributed by atoms with Crippen LogP contribution in [0.1, 0.15) is 45.2 Å². The number of benzene rings is 1. The summed E-state index contributed by atoms with van der Waals surface area (Å²) in [4.78, 5) is 12.2. The third kappa shape index (κ3) is 4.01. The number of hydrogen-bond acceptors (Lipinski definition) is 4. The molecule has 1 fully saturated rings. The number of rotatable bonds is 7. The Morgan fingerprint density at radius 1 is 1.38 bits per heavy atom. The van der Waals surface area contributed by atoms with Gasteiger partial charge in [0.2, 0.25) is 5.91 Å². The van der Waals surface area contributed by atoms with Crippen molar-refractivity contribution in [2.45, 2.75) is 45.3 Å². The van der Waals surface area contributed by atoms with E-state index >= 15 is 0 Å². The van der Waals surface area contributed by atoms with E-state index in [0.29, 0.717) is 37.6 Å². The van der Waals surface area contributed by atoms with E-state index in [1.807, 2.05) is 39.0 Å². The SMILES string of the molecule is C#CC1(O)CC(C(=O)NC(C)c2ccc(OCC)c(OCC)c2)C1. The van der Waals surface area contributed by atoms with Crippen LogP contribution in [-0.2, 0) is 4.79 Å². The van der Waals surface area contributed by atoms with Crippen molar-refractivity contribution in [3.8, 4) is 23.8 Å². The Hall–Kier alpha value is -2.19. The van der Waals surface area contributed by atoms with E-state index in [1.165, 1.54) is 0 Å². The lowest BCUT2D eigenvalue weighted by Crippen LogP contribution is -2.49. The highest BCUT2D eigenvalue weighted by Gasteiger charge is 2.45. The maximum atomic E-state index is 12.2. The van der Waals surface area contributed by atoms with Gasteiger partial charge in [-0.15, -0.1) is 6.42 Å². The van der Waals surface area contributed by atoms with Crippen LogP contribution in [0.5, 0.6) is 11.5 Å². The molecule has 1 atom stereocenters. The quantitative estimate of drug-likeness (QED) is 0.753. The highest BCUT2D eigenvalue weighted by molar-refractivity contribution is 5.80. The fraction of sp³-hybridized carbons (Fsp3) is 0.526. The Balaban J connectivity index is 2.02. The van der Waals surface area contributed by atoms with E-state index in [9.17, 15) is 9.90 Å². The van der Waals surface area contributed by atoms with Crippen LogP contribution in [0.4, 0.5) is 0 Å². The van der Waals surface area contributed by atoms with Crippen molar-refractivity contribution in [2.24, 2.45) is 5.92 Å². The van der Waals surface area contributed by atoms with Crippen LogP contribution < -0.4 is 14.8 Å². The third-order valence-electron chi connectivity index (χ3n) is 4.23. The summed E-state index contributed by atoms with van der Waals surface area (Å²) >= 11 is 0. The summed E-state index contributed by atoms with van der Waals surface area (Å²) in [6, 6.07) is 5.48. The highest BCUT2D eigenvalue weighted by atomic mass is 16.5. The molecule has 1 amide bonds. The Morgan fingerprint density at radius 2 is 2.00 bits per heavy atom. The van der Waals surface area contributed by atoms with Crippen molar-refractivity contribution < 1.29 is 19.4 Å². The van der Waals surface area contributed by atoms with Crippen LogP contribution in [0.25, 0.3) is 0 Å². The lowest BCUT2D eigenvalue weighted by molar-refractivity contribution is -0.136. The molecule has 0 radical (unpaired) electrons. The summed E-state index contributed by atoms with van der Waals surface area (Å²) in [7, 11) is 0. The molecule has 1 aliphatic carbocycles. The second-order valence-electron chi connectivity index (χ2n) is 6.08. The Bertz CT molecular complexity index is 629. The zero-order chi connectivity index (χ0) is 17.7. The third-order valence-corrected chi connectivity index (χ3v) is 4.23. The maximum absolute atomic E-state index is 12.2. The number of carbonyl (C=O) groups is 1. The van der Waals surface area contributed by atoms with Gasteiger partial charge in [0, 0.05) is 5.92 Å². The van der Waals surface area contributed by atoms with E-state index in [2.05, 4.69) is 11.2 Å². The van der Waals surface area contributed by atoms with Crippen molar-refractivity contribution in [3.63, 3.8) is 0 Å². The molecule has 130 valence electrons. The molecule has 24 heavy (non-hydrogen) atoms. The van der Waals surface area contributed by atoms with Crippen LogP contribution in [0.3, 0.4) is 0 Å². The minimum atomic E-state index is -1.12. The number of carbonyl (C=O) groups excluding carboxylic acids is 1. The molecule has 1 unspecified atom stereocenters. The number of amides is 1. The molecular formula is C19H25NO4. The van der Waals surface area contributed by atoms with Gasteiger partial charge in [0.05, 0.1) is 19.3 Å². The van der Waals surface area contributed by atoms with Crippen LogP contribution in [0, 0.1) is 18.3 Å². The van der Waals surface area contributed by atoms with Crippen molar-refractivity contribution in [1.29, 1.82) is 0 Å². The molecule has 0 spiro atoms. The van der Waals surface area contributed by atoms with Crippen LogP contribution in [0.15, 0.2) is 18.2 Å². The summed E-state index contributed by atoms with van der Waals surface area (Å²) in [5, 5.41) is 12.8. The Labute approximate surface area is 143 Å². The fourth-order valence-corrected chi connectivity index (χ4v) is 2.81. The zero-order valence-electron chi connectivity index (χ0n) is 14.5. The van der Waals surface area contributed by atoms with Gasteiger partial charge in [-0.05, 0) is 51.3 Å². The number of ether oxygens (including phenoxy) is 2. The standard InChI is InChI=1S/C19H25NO4/c1-5-19(22)11-15(12-19)18(21)20-13(4)14-8-9-16(23-6-2)17(10-14)24-7-3/h1,8-10,13,15,22H,6-7,11-12H2,2-4H3,(H,20,21). The van der Waals surface area contributed by atoms with Gasteiger partial charge in [-0.25, -0.2) is 0 Å². The molecule has 0 heterocycles. The summed E-state index contributed by atoms with van der Waals surface area (Å²) in [6.07, 6.45) is 5.88. The number of hydrogen-bond donors (Lipinski definition) is 2. The van der Waals surface area contributed by atoms with Crippen LogP contribution in [0.2, 0.25) is 0 Å². The molecule has 5 nitrogen and oxygen atoms in total. The normalized spacial score (nSPS) is 23.5. The molecule has 2 N–H and O–H groups in total. The van der Waals surface area contributed by atoms with E-state index in [1.54, 1.807) is 0 Å². The maximum Gasteiger partial charge on any atom is 0.223 e. The van der Waals surface area contributed by atoms with Gasteiger partial charge in [-0.3, -0.25) is 4.79 Å². The summed E-state index contributed by atoms with van der Waals surface area (Å²) in [6.45, 7) is 6.84. The van der Waals surface area contributed by atoms with Crippen molar-refractivity contribution in [3.05, 3.63) is 23.8 Å². The van der Waals surface area contributed by atoms with E-state index in [-0.39, 0.29) is 17.9 Å². The van der Waals surface area contributed by atoms with Crippen molar-refractivity contribution in [1.82, 2.24) is 5.32 Å². The van der Waals surface area contributed by atoms with Gasteiger partial charge in [0.15, 0.2) is 11.5 Å². The second-order valence-corrected chi connectivity index (χ2v) is 6.08. The summed E-state index contributed by atoms with van der Waals surface area (Å²) in [5.74, 6) is 3.37. The first-order valence-corrected chi connectivity index (χ1v) is 8.32. The monoisotopic (exact) mass is 331 g/mol. The molecule has 0 aliphatic heterocycles. The average Bonchev–Trinajstić information content (AvgIpc) is 2.53. The van der Waals surface area contributed by atoms with Gasteiger partial charge >= 0.3 is 0 Å². The predicted molar refractivity (Wildman–Crippen MR) is 91.8 cm³/mol. The molecule has 2 rings (SSSR count). The molecule has 1 saturated carbocycles. The number of terminal acetylenes is 1. The minimum absolute atomic E-state index is 0.0886. The molecule has 0 aromatic heterocycles. The van der Waals surface area contributed by atoms with Crippen molar-refractivity contribution in [2.75, 3.05) is 13.2 Å². The first-order chi connectivity index (χ1) is 11.4. The van der Waals surface area contributed by atoms with E-state index in [4.69, 9.17) is 15.9 Å². The summed E-state index contributed by atoms with van der Waals surface area (Å²) < 4.78 is 11.2. The highest BCUT2D eigenvalue weighted by Crippen LogP contribution is 2.38. The average molecular weight is 331 g/mol. The fourth-order valence-electron chi connectivity index (χ4n) is 2.81. The number of nitrogens with one attached hydrogen (secondary N) is 1. The lowest BCUT2D eigenvalue weighted by Gasteiger charge is -2.39. The van der Waals surface area contributed by atoms with Gasteiger partial charge in [0.25, 0.3) is 0 Å². The first-order valence-electron chi connectivity index (χ1n) is 8.32. The second kappa shape index (κ2) is 7.59. The molecule has 1 aromatic rings. The number of aliphatic hydroxyl groups is 1. The van der Waals surface area contributed by atoms with E-state index < -0.39 is 5.60 Å². The Kier molecular flexibility index (Phi) is 5.74. The summed E-state index contributed by atoms with van der Waals surface area (Å²) in [5.41, 5.74) is -0.186. The van der Waals surface area contributed by atoms with Crippen LogP contribution >= 0.6 is 0 Å². The zero-order valence-corrected chi connectivity index (χ0v) is 14.5.